The number of aryl methyl sites for hydroxylation is 1. The molecular weight excluding hydrogens is 350 g/mol. The van der Waals surface area contributed by atoms with Gasteiger partial charge >= 0.3 is 0 Å². The van der Waals surface area contributed by atoms with Crippen LogP contribution in [0.5, 0.6) is 5.75 Å². The van der Waals surface area contributed by atoms with Crippen LogP contribution in [0.1, 0.15) is 23.6 Å². The minimum absolute atomic E-state index is 0.0900. The fraction of sp³-hybridized carbons (Fsp3) is 0.294. The summed E-state index contributed by atoms with van der Waals surface area (Å²) in [5.74, 6) is 0.912. The van der Waals surface area contributed by atoms with E-state index in [1.54, 1.807) is 0 Å². The van der Waals surface area contributed by atoms with Crippen molar-refractivity contribution in [1.29, 1.82) is 0 Å². The van der Waals surface area contributed by atoms with Gasteiger partial charge in [-0.25, -0.2) is 0 Å². The molecule has 0 fully saturated rings. The summed E-state index contributed by atoms with van der Waals surface area (Å²) in [5, 5.41) is 0.722. The van der Waals surface area contributed by atoms with Crippen LogP contribution >= 0.6 is 27.5 Å². The highest BCUT2D eigenvalue weighted by molar-refractivity contribution is 9.10. The summed E-state index contributed by atoms with van der Waals surface area (Å²) in [5.41, 5.74) is 9.21. The predicted octanol–water partition coefficient (Wildman–Crippen LogP) is 4.88. The minimum Gasteiger partial charge on any atom is -0.488 e. The standard InChI is InChI=1S/C17H19BrClNO/c1-11-6-15(18)9-14(7-12(2)20)17(11)21-10-13-4-3-5-16(19)8-13/h3-6,8-9,12H,7,10,20H2,1-2H3. The molecule has 0 aromatic heterocycles. The van der Waals surface area contributed by atoms with Crippen molar-refractivity contribution in [2.24, 2.45) is 5.73 Å². The molecule has 0 bridgehead atoms. The van der Waals surface area contributed by atoms with Gasteiger partial charge in [-0.15, -0.1) is 0 Å². The maximum Gasteiger partial charge on any atom is 0.126 e. The molecule has 0 aliphatic rings. The van der Waals surface area contributed by atoms with Gasteiger partial charge in [0.05, 0.1) is 0 Å². The Morgan fingerprint density at radius 3 is 2.71 bits per heavy atom. The smallest absolute Gasteiger partial charge is 0.126 e. The van der Waals surface area contributed by atoms with Gasteiger partial charge in [0.2, 0.25) is 0 Å². The minimum atomic E-state index is 0.0900. The van der Waals surface area contributed by atoms with E-state index in [9.17, 15) is 0 Å². The third-order valence-corrected chi connectivity index (χ3v) is 3.82. The number of hydrogen-bond donors (Lipinski definition) is 1. The second kappa shape index (κ2) is 7.30. The molecule has 0 saturated carbocycles. The first-order valence-corrected chi connectivity index (χ1v) is 8.04. The fourth-order valence-corrected chi connectivity index (χ4v) is 3.12. The van der Waals surface area contributed by atoms with Crippen molar-refractivity contribution in [3.63, 3.8) is 0 Å². The number of ether oxygens (including phenoxy) is 1. The van der Waals surface area contributed by atoms with Gasteiger partial charge in [-0.1, -0.05) is 39.7 Å². The summed E-state index contributed by atoms with van der Waals surface area (Å²) < 4.78 is 7.08. The lowest BCUT2D eigenvalue weighted by Gasteiger charge is -2.16. The third kappa shape index (κ3) is 4.73. The van der Waals surface area contributed by atoms with Gasteiger partial charge in [0.15, 0.2) is 0 Å². The highest BCUT2D eigenvalue weighted by Gasteiger charge is 2.11. The Morgan fingerprint density at radius 2 is 2.05 bits per heavy atom. The normalized spacial score (nSPS) is 12.2. The summed E-state index contributed by atoms with van der Waals surface area (Å²) in [6.07, 6.45) is 0.783. The van der Waals surface area contributed by atoms with Gasteiger partial charge in [-0.2, -0.15) is 0 Å². The third-order valence-electron chi connectivity index (χ3n) is 3.13. The van der Waals surface area contributed by atoms with Crippen molar-refractivity contribution in [3.8, 4) is 5.75 Å². The van der Waals surface area contributed by atoms with Crippen molar-refractivity contribution < 1.29 is 4.74 Å². The van der Waals surface area contributed by atoms with Crippen LogP contribution in [0.3, 0.4) is 0 Å². The lowest BCUT2D eigenvalue weighted by molar-refractivity contribution is 0.300. The van der Waals surface area contributed by atoms with E-state index in [0.717, 1.165) is 38.4 Å². The lowest BCUT2D eigenvalue weighted by Crippen LogP contribution is -2.18. The molecule has 0 spiro atoms. The molecule has 0 radical (unpaired) electrons. The Hall–Kier alpha value is -1.03. The zero-order valence-electron chi connectivity index (χ0n) is 12.2. The van der Waals surface area contributed by atoms with Crippen molar-refractivity contribution in [3.05, 3.63) is 62.6 Å². The summed E-state index contributed by atoms with van der Waals surface area (Å²) >= 11 is 9.53. The maximum atomic E-state index is 6.03. The predicted molar refractivity (Wildman–Crippen MR) is 92.0 cm³/mol. The molecule has 0 amide bonds. The van der Waals surface area contributed by atoms with Crippen LogP contribution < -0.4 is 10.5 Å². The van der Waals surface area contributed by atoms with Crippen molar-refractivity contribution in [1.82, 2.24) is 0 Å². The van der Waals surface area contributed by atoms with Gasteiger partial charge < -0.3 is 10.5 Å². The zero-order valence-corrected chi connectivity index (χ0v) is 14.5. The van der Waals surface area contributed by atoms with E-state index in [1.165, 1.54) is 0 Å². The molecule has 112 valence electrons. The molecule has 0 aliphatic carbocycles. The van der Waals surface area contributed by atoms with E-state index < -0.39 is 0 Å². The van der Waals surface area contributed by atoms with Crippen LogP contribution in [0.2, 0.25) is 5.02 Å². The van der Waals surface area contributed by atoms with Crippen LogP contribution in [0.4, 0.5) is 0 Å². The molecule has 2 aromatic rings. The first kappa shape index (κ1) is 16.3. The Balaban J connectivity index is 2.22. The van der Waals surface area contributed by atoms with E-state index in [2.05, 4.69) is 28.1 Å². The van der Waals surface area contributed by atoms with Gasteiger partial charge in [0.1, 0.15) is 12.4 Å². The zero-order chi connectivity index (χ0) is 15.4. The monoisotopic (exact) mass is 367 g/mol. The number of hydrogen-bond acceptors (Lipinski definition) is 2. The van der Waals surface area contributed by atoms with Crippen LogP contribution in [-0.4, -0.2) is 6.04 Å². The topological polar surface area (TPSA) is 35.2 Å². The molecule has 1 atom stereocenters. The summed E-state index contributed by atoms with van der Waals surface area (Å²) in [7, 11) is 0. The van der Waals surface area contributed by atoms with E-state index in [-0.39, 0.29) is 6.04 Å². The Labute approximate surface area is 139 Å². The molecule has 2 N–H and O–H groups in total. The molecule has 0 aliphatic heterocycles. The van der Waals surface area contributed by atoms with Crippen LogP contribution in [-0.2, 0) is 13.0 Å². The number of rotatable bonds is 5. The van der Waals surface area contributed by atoms with Crippen LogP contribution in [0, 0.1) is 6.92 Å². The first-order chi connectivity index (χ1) is 9.95. The molecular formula is C17H19BrClNO. The highest BCUT2D eigenvalue weighted by atomic mass is 79.9. The molecule has 0 heterocycles. The highest BCUT2D eigenvalue weighted by Crippen LogP contribution is 2.30. The number of benzene rings is 2. The second-order valence-electron chi connectivity index (χ2n) is 5.31. The van der Waals surface area contributed by atoms with E-state index in [0.29, 0.717) is 6.61 Å². The summed E-state index contributed by atoms with van der Waals surface area (Å²) in [4.78, 5) is 0. The Bertz CT molecular complexity index is 628. The SMILES string of the molecule is Cc1cc(Br)cc(CC(C)N)c1OCc1cccc(Cl)c1. The van der Waals surface area contributed by atoms with Crippen molar-refractivity contribution >= 4 is 27.5 Å². The van der Waals surface area contributed by atoms with E-state index in [4.69, 9.17) is 22.1 Å². The number of nitrogens with two attached hydrogens (primary N) is 1. The van der Waals surface area contributed by atoms with Gasteiger partial charge in [-0.3, -0.25) is 0 Å². The Morgan fingerprint density at radius 1 is 1.29 bits per heavy atom. The fourth-order valence-electron chi connectivity index (χ4n) is 2.29. The van der Waals surface area contributed by atoms with Gasteiger partial charge in [0.25, 0.3) is 0 Å². The van der Waals surface area contributed by atoms with Crippen molar-refractivity contribution in [2.75, 3.05) is 0 Å². The average Bonchev–Trinajstić information content (AvgIpc) is 2.36. The summed E-state index contributed by atoms with van der Waals surface area (Å²) in [6, 6.07) is 11.9. The Kier molecular flexibility index (Phi) is 5.68. The quantitative estimate of drug-likeness (QED) is 0.816. The summed E-state index contributed by atoms with van der Waals surface area (Å²) in [6.45, 7) is 4.54. The van der Waals surface area contributed by atoms with E-state index >= 15 is 0 Å². The molecule has 0 saturated heterocycles. The van der Waals surface area contributed by atoms with Gasteiger partial charge in [-0.05, 0) is 61.2 Å². The van der Waals surface area contributed by atoms with Gasteiger partial charge in [0, 0.05) is 15.5 Å². The molecule has 1 unspecified atom stereocenters. The largest absolute Gasteiger partial charge is 0.488 e. The van der Waals surface area contributed by atoms with Crippen LogP contribution in [0.15, 0.2) is 40.9 Å². The maximum absolute atomic E-state index is 6.03. The van der Waals surface area contributed by atoms with E-state index in [1.807, 2.05) is 38.1 Å². The second-order valence-corrected chi connectivity index (χ2v) is 6.66. The molecule has 2 nitrogen and oxygen atoms in total. The molecule has 2 aromatic carbocycles. The lowest BCUT2D eigenvalue weighted by atomic mass is 10.0. The molecule has 2 rings (SSSR count). The first-order valence-electron chi connectivity index (χ1n) is 6.87. The average molecular weight is 369 g/mol. The molecule has 4 heteroatoms. The number of halogens is 2. The van der Waals surface area contributed by atoms with Crippen molar-refractivity contribution in [2.45, 2.75) is 32.9 Å². The molecule has 21 heavy (non-hydrogen) atoms. The van der Waals surface area contributed by atoms with Crippen LogP contribution in [0.25, 0.3) is 0 Å².